The van der Waals surface area contributed by atoms with Crippen LogP contribution < -0.4 is 5.32 Å². The molecule has 0 aliphatic carbocycles. The van der Waals surface area contributed by atoms with E-state index in [1.807, 2.05) is 6.92 Å². The van der Waals surface area contributed by atoms with E-state index in [4.69, 9.17) is 9.84 Å². The van der Waals surface area contributed by atoms with Gasteiger partial charge in [-0.15, -0.1) is 0 Å². The molecule has 2 aliphatic heterocycles. The van der Waals surface area contributed by atoms with Crippen molar-refractivity contribution >= 4 is 11.9 Å². The van der Waals surface area contributed by atoms with Gasteiger partial charge in [-0.1, -0.05) is 13.8 Å². The highest BCUT2D eigenvalue weighted by atomic mass is 16.5. The maximum atomic E-state index is 11.7. The lowest BCUT2D eigenvalue weighted by atomic mass is 10.0. The first-order chi connectivity index (χ1) is 8.02. The van der Waals surface area contributed by atoms with E-state index >= 15 is 0 Å². The lowest BCUT2D eigenvalue weighted by Gasteiger charge is -2.34. The molecule has 17 heavy (non-hydrogen) atoms. The van der Waals surface area contributed by atoms with Gasteiger partial charge in [-0.2, -0.15) is 0 Å². The number of ether oxygens (including phenoxy) is 1. The van der Waals surface area contributed by atoms with Crippen molar-refractivity contribution in [1.29, 1.82) is 0 Å². The highest BCUT2D eigenvalue weighted by Crippen LogP contribution is 2.29. The van der Waals surface area contributed by atoms with Gasteiger partial charge >= 0.3 is 6.03 Å². The molecule has 0 aromatic rings. The Morgan fingerprint density at radius 3 is 2.76 bits per heavy atom. The van der Waals surface area contributed by atoms with Gasteiger partial charge in [0.05, 0.1) is 18.6 Å². The van der Waals surface area contributed by atoms with Crippen molar-refractivity contribution in [2.45, 2.75) is 32.6 Å². The third-order valence-corrected chi connectivity index (χ3v) is 3.48. The Bertz CT molecular complexity index is 333. The smallest absolute Gasteiger partial charge is 0.326 e. The summed E-state index contributed by atoms with van der Waals surface area (Å²) in [6, 6.07) is -0.399. The van der Waals surface area contributed by atoms with E-state index in [0.29, 0.717) is 13.0 Å². The molecule has 2 rings (SSSR count). The topological polar surface area (TPSA) is 78.9 Å². The minimum absolute atomic E-state index is 0.0401. The summed E-state index contributed by atoms with van der Waals surface area (Å²) in [5, 5.41) is 11.4. The second-order valence-corrected chi connectivity index (χ2v) is 4.87. The van der Waals surface area contributed by atoms with Crippen LogP contribution in [0, 0.1) is 11.8 Å². The first-order valence-electron chi connectivity index (χ1n) is 5.90. The second kappa shape index (κ2) is 4.62. The van der Waals surface area contributed by atoms with Crippen LogP contribution in [0.4, 0.5) is 4.79 Å². The molecule has 2 fully saturated rings. The number of hydrogen-bond acceptors (Lipinski definition) is 4. The number of nitrogens with one attached hydrogen (secondary N) is 1. The third kappa shape index (κ3) is 2.28. The molecular formula is C11H18N2O4. The molecule has 96 valence electrons. The predicted molar refractivity (Wildman–Crippen MR) is 58.9 cm³/mol. The van der Waals surface area contributed by atoms with E-state index in [1.165, 1.54) is 4.90 Å². The number of aliphatic hydroxyl groups excluding tert-OH is 1. The van der Waals surface area contributed by atoms with Crippen LogP contribution in [0.25, 0.3) is 0 Å². The first kappa shape index (κ1) is 12.3. The molecule has 4 atom stereocenters. The van der Waals surface area contributed by atoms with Crippen LogP contribution >= 0.6 is 0 Å². The molecule has 0 aromatic heterocycles. The van der Waals surface area contributed by atoms with E-state index in [0.717, 1.165) is 0 Å². The number of urea groups is 1. The maximum absolute atomic E-state index is 11.7. The van der Waals surface area contributed by atoms with Crippen molar-refractivity contribution in [3.05, 3.63) is 0 Å². The van der Waals surface area contributed by atoms with Gasteiger partial charge in [0.2, 0.25) is 5.91 Å². The minimum Gasteiger partial charge on any atom is -0.394 e. The normalized spacial score (nSPS) is 38.4. The Hall–Kier alpha value is -1.14. The highest BCUT2D eigenvalue weighted by molar-refractivity contribution is 5.97. The average Bonchev–Trinajstić information content (AvgIpc) is 2.65. The van der Waals surface area contributed by atoms with Crippen LogP contribution in [-0.4, -0.2) is 47.4 Å². The van der Waals surface area contributed by atoms with E-state index in [9.17, 15) is 9.59 Å². The summed E-state index contributed by atoms with van der Waals surface area (Å²) >= 11 is 0. The summed E-state index contributed by atoms with van der Waals surface area (Å²) in [6.07, 6.45) is 0.137. The van der Waals surface area contributed by atoms with E-state index < -0.39 is 6.03 Å². The van der Waals surface area contributed by atoms with Gasteiger partial charge < -0.3 is 9.84 Å². The van der Waals surface area contributed by atoms with Crippen molar-refractivity contribution in [2.75, 3.05) is 13.2 Å². The number of rotatable bonds is 2. The van der Waals surface area contributed by atoms with Gasteiger partial charge in [0, 0.05) is 6.54 Å². The fourth-order valence-electron chi connectivity index (χ4n) is 2.29. The Kier molecular flexibility index (Phi) is 3.35. The molecule has 0 aromatic carbocycles. The molecular weight excluding hydrogens is 224 g/mol. The van der Waals surface area contributed by atoms with Gasteiger partial charge in [0.1, 0.15) is 6.23 Å². The number of nitrogens with zero attached hydrogens (tertiary/aromatic N) is 1. The molecule has 2 heterocycles. The molecule has 2 unspecified atom stereocenters. The molecule has 6 heteroatoms. The quantitative estimate of drug-likeness (QED) is 0.709. The monoisotopic (exact) mass is 242 g/mol. The summed E-state index contributed by atoms with van der Waals surface area (Å²) in [5.41, 5.74) is 0. The zero-order chi connectivity index (χ0) is 12.6. The highest BCUT2D eigenvalue weighted by Gasteiger charge is 2.40. The largest absolute Gasteiger partial charge is 0.394 e. The fourth-order valence-corrected chi connectivity index (χ4v) is 2.29. The number of hydrogen-bond donors (Lipinski definition) is 2. The zero-order valence-electron chi connectivity index (χ0n) is 10.0. The van der Waals surface area contributed by atoms with Crippen molar-refractivity contribution in [3.63, 3.8) is 0 Å². The van der Waals surface area contributed by atoms with Crippen LogP contribution in [0.15, 0.2) is 0 Å². The third-order valence-electron chi connectivity index (χ3n) is 3.48. The Balaban J connectivity index is 2.03. The lowest BCUT2D eigenvalue weighted by Crippen LogP contribution is -2.57. The first-order valence-corrected chi connectivity index (χ1v) is 5.90. The number of aliphatic hydroxyl groups is 1. The standard InChI is InChI=1S/C11H18N2O4/c1-6-3-9(17-8(6)5-14)13-4-7(2)10(15)12-11(13)16/h6-9,14H,3-5H2,1-2H3,(H,12,15,16)/t6?,7?,8-,9-/m1/s1. The summed E-state index contributed by atoms with van der Waals surface area (Å²) in [5.74, 6) is -0.249. The van der Waals surface area contributed by atoms with Gasteiger partial charge in [-0.25, -0.2) is 4.79 Å². The number of carbonyl (C=O) groups excluding carboxylic acids is 2. The average molecular weight is 242 g/mol. The number of amides is 3. The molecule has 2 saturated heterocycles. The lowest BCUT2D eigenvalue weighted by molar-refractivity contribution is -0.128. The summed E-state index contributed by atoms with van der Waals surface area (Å²) in [6.45, 7) is 4.09. The van der Waals surface area contributed by atoms with Gasteiger partial charge in [0.25, 0.3) is 0 Å². The van der Waals surface area contributed by atoms with Crippen LogP contribution in [0.3, 0.4) is 0 Å². The summed E-state index contributed by atoms with van der Waals surface area (Å²) in [7, 11) is 0. The van der Waals surface area contributed by atoms with E-state index in [2.05, 4.69) is 5.32 Å². The SMILES string of the molecule is CC1CN([C@H]2CC(C)[C@@H](CO)O2)C(=O)NC1=O. The Labute approximate surface area is 99.9 Å². The zero-order valence-corrected chi connectivity index (χ0v) is 10.0. The molecule has 0 saturated carbocycles. The minimum atomic E-state index is -0.399. The van der Waals surface area contributed by atoms with Crippen LogP contribution in [0.1, 0.15) is 20.3 Å². The van der Waals surface area contributed by atoms with E-state index in [-0.39, 0.29) is 36.7 Å². The summed E-state index contributed by atoms with van der Waals surface area (Å²) < 4.78 is 5.62. The van der Waals surface area contributed by atoms with Crippen LogP contribution in [0.5, 0.6) is 0 Å². The number of imide groups is 1. The van der Waals surface area contributed by atoms with Gasteiger partial charge in [-0.3, -0.25) is 15.0 Å². The fraction of sp³-hybridized carbons (Fsp3) is 0.818. The maximum Gasteiger partial charge on any atom is 0.326 e. The molecule has 2 aliphatic rings. The number of carbonyl (C=O) groups is 2. The molecule has 6 nitrogen and oxygen atoms in total. The molecule has 0 bridgehead atoms. The Morgan fingerprint density at radius 2 is 2.18 bits per heavy atom. The van der Waals surface area contributed by atoms with E-state index in [1.54, 1.807) is 6.92 Å². The van der Waals surface area contributed by atoms with Crippen LogP contribution in [-0.2, 0) is 9.53 Å². The van der Waals surface area contributed by atoms with Crippen LogP contribution in [0.2, 0.25) is 0 Å². The molecule has 0 spiro atoms. The second-order valence-electron chi connectivity index (χ2n) is 4.87. The van der Waals surface area contributed by atoms with Crippen molar-refractivity contribution < 1.29 is 19.4 Å². The van der Waals surface area contributed by atoms with Gasteiger partial charge in [-0.05, 0) is 12.3 Å². The van der Waals surface area contributed by atoms with Crippen molar-refractivity contribution in [2.24, 2.45) is 11.8 Å². The summed E-state index contributed by atoms with van der Waals surface area (Å²) in [4.78, 5) is 24.5. The molecule has 2 N–H and O–H groups in total. The Morgan fingerprint density at radius 1 is 1.47 bits per heavy atom. The molecule has 3 amide bonds. The van der Waals surface area contributed by atoms with Gasteiger partial charge in [0.15, 0.2) is 0 Å². The van der Waals surface area contributed by atoms with Crippen molar-refractivity contribution in [1.82, 2.24) is 10.2 Å². The van der Waals surface area contributed by atoms with Crippen molar-refractivity contribution in [3.8, 4) is 0 Å². The molecule has 0 radical (unpaired) electrons. The predicted octanol–water partition coefficient (Wildman–Crippen LogP) is -0.0823.